The molecule has 0 aliphatic heterocycles. The molecule has 1 atom stereocenters. The van der Waals surface area contributed by atoms with Gasteiger partial charge in [0.1, 0.15) is 0 Å². The van der Waals surface area contributed by atoms with Gasteiger partial charge in [0, 0.05) is 8.95 Å². The molecule has 12 heavy (non-hydrogen) atoms. The fraction of sp³-hybridized carbons (Fsp3) is 0.143. The van der Waals surface area contributed by atoms with Crippen molar-refractivity contribution in [3.05, 3.63) is 26.6 Å². The van der Waals surface area contributed by atoms with Crippen LogP contribution in [0.4, 0.5) is 0 Å². The molecule has 0 spiro atoms. The maximum Gasteiger partial charge on any atom is 0.187 e. The van der Waals surface area contributed by atoms with Crippen molar-refractivity contribution in [3.8, 4) is 0 Å². The fourth-order valence-electron chi connectivity index (χ4n) is 0.762. The van der Waals surface area contributed by atoms with Gasteiger partial charge in [0.25, 0.3) is 0 Å². The molecular weight excluding hydrogens is 308 g/mol. The summed E-state index contributed by atoms with van der Waals surface area (Å²) < 4.78 is 21.1. The molecule has 0 amide bonds. The molecule has 0 fully saturated rings. The molecule has 1 aromatic rings. The molecule has 0 aromatic heterocycles. The Bertz CT molecular complexity index is 338. The molecule has 2 nitrogen and oxygen atoms in total. The van der Waals surface area contributed by atoms with Gasteiger partial charge in [-0.1, -0.05) is 15.9 Å². The Morgan fingerprint density at radius 2 is 1.92 bits per heavy atom. The maximum atomic E-state index is 10.7. The van der Waals surface area contributed by atoms with E-state index in [2.05, 4.69) is 31.9 Å². The zero-order valence-electron chi connectivity index (χ0n) is 6.17. The van der Waals surface area contributed by atoms with Crippen LogP contribution in [-0.4, -0.2) is 8.76 Å². The molecule has 1 unspecified atom stereocenters. The molecular formula is C7H6Br2O2S. The summed E-state index contributed by atoms with van der Waals surface area (Å²) in [6.45, 7) is 1.92. The van der Waals surface area contributed by atoms with E-state index >= 15 is 0 Å². The molecule has 0 aliphatic rings. The van der Waals surface area contributed by atoms with Gasteiger partial charge < -0.3 is 4.55 Å². The van der Waals surface area contributed by atoms with E-state index in [4.69, 9.17) is 4.55 Å². The highest BCUT2D eigenvalue weighted by atomic mass is 79.9. The molecule has 1 aromatic carbocycles. The summed E-state index contributed by atoms with van der Waals surface area (Å²) in [7, 11) is 0. The van der Waals surface area contributed by atoms with E-state index in [0.29, 0.717) is 9.37 Å². The van der Waals surface area contributed by atoms with E-state index < -0.39 is 11.1 Å². The molecule has 1 N–H and O–H groups in total. The smallest absolute Gasteiger partial charge is 0.187 e. The van der Waals surface area contributed by atoms with Gasteiger partial charge in [-0.05, 0) is 40.5 Å². The second kappa shape index (κ2) is 4.00. The van der Waals surface area contributed by atoms with Crippen molar-refractivity contribution in [1.29, 1.82) is 0 Å². The van der Waals surface area contributed by atoms with Crippen molar-refractivity contribution in [2.24, 2.45) is 0 Å². The number of rotatable bonds is 1. The summed E-state index contributed by atoms with van der Waals surface area (Å²) in [4.78, 5) is 0.382. The fourth-order valence-corrected chi connectivity index (χ4v) is 2.57. The van der Waals surface area contributed by atoms with Crippen LogP contribution in [0.15, 0.2) is 26.0 Å². The highest BCUT2D eigenvalue weighted by molar-refractivity contribution is 9.11. The Kier molecular flexibility index (Phi) is 3.46. The Labute approximate surface area is 89.9 Å². The third-order valence-electron chi connectivity index (χ3n) is 1.40. The average Bonchev–Trinajstić information content (AvgIpc) is 1.96. The summed E-state index contributed by atoms with van der Waals surface area (Å²) in [5, 5.41) is 0. The Morgan fingerprint density at radius 1 is 1.33 bits per heavy atom. The van der Waals surface area contributed by atoms with Crippen LogP contribution >= 0.6 is 31.9 Å². The van der Waals surface area contributed by atoms with Gasteiger partial charge in [0.15, 0.2) is 11.1 Å². The van der Waals surface area contributed by atoms with Crippen LogP contribution in [0.25, 0.3) is 0 Å². The normalized spacial score (nSPS) is 13.0. The Morgan fingerprint density at radius 3 is 2.42 bits per heavy atom. The Hall–Kier alpha value is 0.290. The van der Waals surface area contributed by atoms with E-state index in [1.165, 1.54) is 0 Å². The van der Waals surface area contributed by atoms with E-state index in [1.54, 1.807) is 12.1 Å². The van der Waals surface area contributed by atoms with Crippen molar-refractivity contribution < 1.29 is 8.76 Å². The van der Waals surface area contributed by atoms with Gasteiger partial charge in [-0.3, -0.25) is 0 Å². The number of benzene rings is 1. The van der Waals surface area contributed by atoms with Gasteiger partial charge in [0.05, 0.1) is 4.90 Å². The minimum Gasteiger partial charge on any atom is -0.302 e. The predicted molar refractivity (Wildman–Crippen MR) is 55.6 cm³/mol. The summed E-state index contributed by atoms with van der Waals surface area (Å²) in [5.41, 5.74) is 1.02. The lowest BCUT2D eigenvalue weighted by atomic mass is 10.2. The molecule has 0 radical (unpaired) electrons. The molecule has 0 heterocycles. The maximum absolute atomic E-state index is 10.7. The second-order valence-electron chi connectivity index (χ2n) is 2.28. The molecule has 0 bridgehead atoms. The lowest BCUT2D eigenvalue weighted by Crippen LogP contribution is -1.91. The summed E-state index contributed by atoms with van der Waals surface area (Å²) in [6.07, 6.45) is 0. The van der Waals surface area contributed by atoms with E-state index in [9.17, 15) is 4.21 Å². The van der Waals surface area contributed by atoms with Crippen LogP contribution < -0.4 is 0 Å². The van der Waals surface area contributed by atoms with Gasteiger partial charge >= 0.3 is 0 Å². The van der Waals surface area contributed by atoms with Gasteiger partial charge in [-0.15, -0.1) is 0 Å². The first-order valence-electron chi connectivity index (χ1n) is 3.09. The van der Waals surface area contributed by atoms with Gasteiger partial charge in [0.2, 0.25) is 0 Å². The van der Waals surface area contributed by atoms with Crippen molar-refractivity contribution in [1.82, 2.24) is 0 Å². The number of halogens is 2. The lowest BCUT2D eigenvalue weighted by Gasteiger charge is -2.03. The van der Waals surface area contributed by atoms with Crippen molar-refractivity contribution >= 4 is 42.9 Å². The molecule has 1 rings (SSSR count). The first-order chi connectivity index (χ1) is 5.52. The SMILES string of the molecule is Cc1cc(Br)c(S(=O)O)cc1Br. The van der Waals surface area contributed by atoms with Crippen LogP contribution in [0.3, 0.4) is 0 Å². The first kappa shape index (κ1) is 10.4. The molecule has 0 aliphatic carbocycles. The zero-order chi connectivity index (χ0) is 9.30. The average molecular weight is 314 g/mol. The topological polar surface area (TPSA) is 37.3 Å². The van der Waals surface area contributed by atoms with Crippen LogP contribution in [0, 0.1) is 6.92 Å². The molecule has 0 saturated carbocycles. The third kappa shape index (κ3) is 2.16. The quantitative estimate of drug-likeness (QED) is 0.809. The minimum absolute atomic E-state index is 0.382. The van der Waals surface area contributed by atoms with Crippen molar-refractivity contribution in [3.63, 3.8) is 0 Å². The third-order valence-corrected chi connectivity index (χ3v) is 3.89. The highest BCUT2D eigenvalue weighted by Crippen LogP contribution is 2.27. The van der Waals surface area contributed by atoms with Crippen LogP contribution in [0.5, 0.6) is 0 Å². The largest absolute Gasteiger partial charge is 0.302 e. The van der Waals surface area contributed by atoms with Gasteiger partial charge in [-0.25, -0.2) is 4.21 Å². The summed E-state index contributed by atoms with van der Waals surface area (Å²) >= 11 is 4.55. The van der Waals surface area contributed by atoms with Crippen molar-refractivity contribution in [2.75, 3.05) is 0 Å². The first-order valence-corrected chi connectivity index (χ1v) is 5.78. The summed E-state index contributed by atoms with van der Waals surface area (Å²) in [5.74, 6) is 0. The van der Waals surface area contributed by atoms with E-state index in [1.807, 2.05) is 6.92 Å². The summed E-state index contributed by atoms with van der Waals surface area (Å²) in [6, 6.07) is 3.43. The van der Waals surface area contributed by atoms with E-state index in [0.717, 1.165) is 10.0 Å². The van der Waals surface area contributed by atoms with Crippen LogP contribution in [-0.2, 0) is 11.1 Å². The van der Waals surface area contributed by atoms with Crippen molar-refractivity contribution in [2.45, 2.75) is 11.8 Å². The van der Waals surface area contributed by atoms with E-state index in [-0.39, 0.29) is 0 Å². The predicted octanol–water partition coefficient (Wildman–Crippen LogP) is 3.10. The number of hydrogen-bond acceptors (Lipinski definition) is 1. The van der Waals surface area contributed by atoms with Crippen LogP contribution in [0.2, 0.25) is 0 Å². The zero-order valence-corrected chi connectivity index (χ0v) is 10.2. The van der Waals surface area contributed by atoms with Crippen LogP contribution in [0.1, 0.15) is 5.56 Å². The minimum atomic E-state index is -1.94. The Balaban J connectivity index is 3.33. The highest BCUT2D eigenvalue weighted by Gasteiger charge is 2.07. The number of aryl methyl sites for hydroxylation is 1. The monoisotopic (exact) mass is 312 g/mol. The molecule has 66 valence electrons. The van der Waals surface area contributed by atoms with Gasteiger partial charge in [-0.2, -0.15) is 0 Å². The second-order valence-corrected chi connectivity index (χ2v) is 4.93. The number of hydrogen-bond donors (Lipinski definition) is 1. The molecule has 5 heteroatoms. The lowest BCUT2D eigenvalue weighted by molar-refractivity contribution is 0.564. The molecule has 0 saturated heterocycles. The standard InChI is InChI=1S/C7H6Br2O2S/c1-4-2-6(9)7(12(10)11)3-5(4)8/h2-3H,1H3,(H,10,11).